The monoisotopic (exact) mass is 403 g/mol. The first-order chi connectivity index (χ1) is 13.0. The lowest BCUT2D eigenvalue weighted by Gasteiger charge is -2.39. The minimum absolute atomic E-state index is 0.0411. The molecule has 0 spiro atoms. The molecule has 1 fully saturated rings. The first kappa shape index (κ1) is 22.6. The van der Waals surface area contributed by atoms with Crippen LogP contribution < -0.4 is 0 Å². The summed E-state index contributed by atoms with van der Waals surface area (Å²) in [5.41, 5.74) is 1.04. The Morgan fingerprint density at radius 3 is 2.46 bits per heavy atom. The van der Waals surface area contributed by atoms with Gasteiger partial charge in [0.15, 0.2) is 14.1 Å². The Kier molecular flexibility index (Phi) is 7.10. The summed E-state index contributed by atoms with van der Waals surface area (Å²) in [6.45, 7) is 15.0. The third kappa shape index (κ3) is 5.92. The van der Waals surface area contributed by atoms with Crippen LogP contribution in [0.25, 0.3) is 0 Å². The van der Waals surface area contributed by atoms with E-state index in [0.717, 1.165) is 5.56 Å². The third-order valence-corrected chi connectivity index (χ3v) is 9.67. The molecule has 1 saturated heterocycles. The number of hydrogen-bond acceptors (Lipinski definition) is 5. The highest BCUT2D eigenvalue weighted by Gasteiger charge is 2.48. The van der Waals surface area contributed by atoms with Gasteiger partial charge in [0, 0.05) is 0 Å². The van der Waals surface area contributed by atoms with Crippen LogP contribution in [0.3, 0.4) is 0 Å². The number of benzene rings is 1. The normalized spacial score (nSPS) is 23.5. The molecule has 1 aliphatic rings. The molecule has 0 bridgehead atoms. The molecule has 154 valence electrons. The number of nitrogens with zero attached hydrogens (tertiary/aromatic N) is 1. The number of rotatable bonds is 7. The molecule has 1 aromatic carbocycles. The van der Waals surface area contributed by atoms with Gasteiger partial charge in [-0.15, -0.1) is 6.42 Å². The predicted molar refractivity (Wildman–Crippen MR) is 114 cm³/mol. The zero-order valence-electron chi connectivity index (χ0n) is 18.1. The summed E-state index contributed by atoms with van der Waals surface area (Å²) in [5, 5.41) is 4.12. The number of oxime groups is 1. The molecular formula is C22H33NO4Si. The van der Waals surface area contributed by atoms with E-state index in [1.807, 2.05) is 44.2 Å². The smallest absolute Gasteiger partial charge is 0.193 e. The lowest BCUT2D eigenvalue weighted by atomic mass is 10.1. The van der Waals surface area contributed by atoms with Gasteiger partial charge in [0.2, 0.25) is 0 Å². The van der Waals surface area contributed by atoms with Gasteiger partial charge in [-0.3, -0.25) is 0 Å². The van der Waals surface area contributed by atoms with Crippen molar-refractivity contribution in [3.8, 4) is 12.3 Å². The van der Waals surface area contributed by atoms with Crippen LogP contribution in [0.5, 0.6) is 0 Å². The van der Waals surface area contributed by atoms with Crippen molar-refractivity contribution in [1.29, 1.82) is 0 Å². The van der Waals surface area contributed by atoms with Crippen LogP contribution in [0.15, 0.2) is 35.5 Å². The van der Waals surface area contributed by atoms with E-state index in [9.17, 15) is 0 Å². The largest absolute Gasteiger partial charge is 0.401 e. The summed E-state index contributed by atoms with van der Waals surface area (Å²) in [6.07, 6.45) is 6.02. The molecule has 0 amide bonds. The van der Waals surface area contributed by atoms with Gasteiger partial charge in [-0.25, -0.2) is 0 Å². The molecule has 0 N–H and O–H groups in total. The van der Waals surface area contributed by atoms with Crippen LogP contribution in [0.1, 0.15) is 40.2 Å². The van der Waals surface area contributed by atoms with E-state index in [-0.39, 0.29) is 5.04 Å². The zero-order chi connectivity index (χ0) is 21.0. The van der Waals surface area contributed by atoms with Gasteiger partial charge >= 0.3 is 0 Å². The highest BCUT2D eigenvalue weighted by atomic mass is 28.4. The molecule has 0 aromatic heterocycles. The summed E-state index contributed by atoms with van der Waals surface area (Å²) in [7, 11) is -2.07. The Morgan fingerprint density at radius 1 is 1.25 bits per heavy atom. The molecule has 1 heterocycles. The molecule has 1 aliphatic heterocycles. The van der Waals surface area contributed by atoms with Crippen LogP contribution in [-0.2, 0) is 25.3 Å². The Labute approximate surface area is 170 Å². The topological polar surface area (TPSA) is 49.3 Å². The quantitative estimate of drug-likeness (QED) is 0.286. The third-order valence-electron chi connectivity index (χ3n) is 5.21. The molecule has 0 aliphatic carbocycles. The van der Waals surface area contributed by atoms with Crippen LogP contribution in [-0.4, -0.2) is 38.6 Å². The van der Waals surface area contributed by atoms with Crippen molar-refractivity contribution in [1.82, 2.24) is 0 Å². The minimum Gasteiger partial charge on any atom is -0.401 e. The fraction of sp³-hybridized carbons (Fsp3) is 0.591. The minimum atomic E-state index is -2.07. The average molecular weight is 404 g/mol. The van der Waals surface area contributed by atoms with E-state index >= 15 is 0 Å². The average Bonchev–Trinajstić information content (AvgIpc) is 2.91. The lowest BCUT2D eigenvalue weighted by Crippen LogP contribution is -2.49. The summed E-state index contributed by atoms with van der Waals surface area (Å²) < 4.78 is 18.5. The van der Waals surface area contributed by atoms with Crippen molar-refractivity contribution >= 4 is 14.5 Å². The van der Waals surface area contributed by atoms with Crippen LogP contribution in [0.2, 0.25) is 18.1 Å². The summed E-state index contributed by atoms with van der Waals surface area (Å²) in [6, 6.07) is 9.86. The molecule has 6 heteroatoms. The highest BCUT2D eigenvalue weighted by Crippen LogP contribution is 2.39. The maximum atomic E-state index is 6.43. The van der Waals surface area contributed by atoms with E-state index in [4.69, 9.17) is 25.2 Å². The van der Waals surface area contributed by atoms with E-state index in [1.165, 1.54) is 0 Å². The predicted octanol–water partition coefficient (Wildman–Crippen LogP) is 4.73. The molecule has 3 atom stereocenters. The number of terminal acetylenes is 1. The van der Waals surface area contributed by atoms with E-state index in [0.29, 0.717) is 6.61 Å². The molecule has 0 radical (unpaired) electrons. The van der Waals surface area contributed by atoms with Crippen molar-refractivity contribution in [3.63, 3.8) is 0 Å². The molecule has 0 saturated carbocycles. The second-order valence-electron chi connectivity index (χ2n) is 9.04. The Balaban J connectivity index is 2.07. The maximum absolute atomic E-state index is 6.43. The van der Waals surface area contributed by atoms with Crippen LogP contribution in [0, 0.1) is 12.3 Å². The van der Waals surface area contributed by atoms with Gasteiger partial charge in [0.25, 0.3) is 0 Å². The van der Waals surface area contributed by atoms with E-state index < -0.39 is 32.4 Å². The van der Waals surface area contributed by atoms with Gasteiger partial charge in [-0.2, -0.15) is 0 Å². The second kappa shape index (κ2) is 8.79. The van der Waals surface area contributed by atoms with Gasteiger partial charge in [-0.05, 0) is 37.5 Å². The molecule has 0 unspecified atom stereocenters. The van der Waals surface area contributed by atoms with E-state index in [1.54, 1.807) is 6.21 Å². The highest BCUT2D eigenvalue weighted by molar-refractivity contribution is 6.74. The van der Waals surface area contributed by atoms with Crippen molar-refractivity contribution in [2.75, 3.05) is 0 Å². The molecule has 1 aromatic rings. The van der Waals surface area contributed by atoms with Crippen LogP contribution in [0.4, 0.5) is 0 Å². The molecular weight excluding hydrogens is 370 g/mol. The first-order valence-corrected chi connectivity index (χ1v) is 12.5. The fourth-order valence-corrected chi connectivity index (χ4v) is 3.84. The van der Waals surface area contributed by atoms with Gasteiger partial charge in [0.1, 0.15) is 24.9 Å². The first-order valence-electron chi connectivity index (χ1n) is 9.64. The zero-order valence-corrected chi connectivity index (χ0v) is 19.1. The van der Waals surface area contributed by atoms with Gasteiger partial charge in [0.05, 0.1) is 6.21 Å². The maximum Gasteiger partial charge on any atom is 0.193 e. The Morgan fingerprint density at radius 2 is 1.89 bits per heavy atom. The number of ether oxygens (including phenoxy) is 2. The van der Waals surface area contributed by atoms with Crippen molar-refractivity contribution in [3.05, 3.63) is 35.9 Å². The summed E-state index contributed by atoms with van der Waals surface area (Å²) >= 11 is 0. The van der Waals surface area contributed by atoms with Crippen LogP contribution >= 0.6 is 0 Å². The number of hydrogen-bond donors (Lipinski definition) is 0. The molecule has 5 nitrogen and oxygen atoms in total. The fourth-order valence-electron chi connectivity index (χ4n) is 2.65. The Hall–Kier alpha value is -1.65. The standard InChI is InChI=1S/C22H33NO4Si/c1-9-18(27-28(7,8)21(2,3)4)20-19(25-22(5,6)26-20)15-23-24-16-17-13-11-10-12-14-17/h1,10-15,18-20H,16H2,2-8H3/b23-15+/t18-,19-,20+/m1/s1. The lowest BCUT2D eigenvalue weighted by molar-refractivity contribution is -0.148. The second-order valence-corrected chi connectivity index (χ2v) is 13.8. The molecule has 28 heavy (non-hydrogen) atoms. The van der Waals surface area contributed by atoms with Crippen molar-refractivity contribution in [2.24, 2.45) is 5.16 Å². The summed E-state index contributed by atoms with van der Waals surface area (Å²) in [4.78, 5) is 5.42. The summed E-state index contributed by atoms with van der Waals surface area (Å²) in [5.74, 6) is 1.99. The van der Waals surface area contributed by atoms with Crippen molar-refractivity contribution in [2.45, 2.75) is 83.5 Å². The SMILES string of the molecule is C#C[C@@H](O[Si](C)(C)C(C)(C)C)[C@@H]1OC(C)(C)O[C@@H]1/C=N/OCc1ccccc1. The Bertz CT molecular complexity index is 703. The van der Waals surface area contributed by atoms with Crippen molar-refractivity contribution < 1.29 is 18.7 Å². The molecule has 2 rings (SSSR count). The van der Waals surface area contributed by atoms with Gasteiger partial charge in [-0.1, -0.05) is 62.2 Å². The van der Waals surface area contributed by atoms with E-state index in [2.05, 4.69) is 44.9 Å². The van der Waals surface area contributed by atoms with Gasteiger partial charge < -0.3 is 18.7 Å².